The first-order valence-electron chi connectivity index (χ1n) is 11.2. The lowest BCUT2D eigenvalue weighted by Gasteiger charge is -2.27. The normalized spacial score (nSPS) is 16.2. The summed E-state index contributed by atoms with van der Waals surface area (Å²) < 4.78 is 42.5. The Morgan fingerprint density at radius 2 is 1.97 bits per heavy atom. The summed E-state index contributed by atoms with van der Waals surface area (Å²) in [5.74, 6) is -0.815. The standard InChI is InChI=1S/C23H26Cl2FN5O2S2/c1-3-30(4-2)16-7-8-31(12-16)21-9-15(24)5-6-19(21)28-20-11-18(26)22(10-17(20)25)35(32,33)29-23-13-34-14-27-23/h5-6,9-11,13-14,16,28-29H,3-4,7-8,12H2,1-2H3. The van der Waals surface area contributed by atoms with Crippen molar-refractivity contribution in [3.05, 3.63) is 57.1 Å². The van der Waals surface area contributed by atoms with E-state index in [9.17, 15) is 12.8 Å². The number of rotatable bonds is 9. The third-order valence-corrected chi connectivity index (χ3v) is 8.55. The largest absolute Gasteiger partial charge is 0.368 e. The molecule has 0 saturated carbocycles. The molecule has 0 bridgehead atoms. The molecule has 35 heavy (non-hydrogen) atoms. The molecular weight excluding hydrogens is 532 g/mol. The summed E-state index contributed by atoms with van der Waals surface area (Å²) in [6, 6.07) is 8.04. The number of nitrogens with zero attached hydrogens (tertiary/aromatic N) is 3. The highest BCUT2D eigenvalue weighted by molar-refractivity contribution is 7.92. The van der Waals surface area contributed by atoms with Crippen LogP contribution in [0, 0.1) is 5.82 Å². The lowest BCUT2D eigenvalue weighted by Crippen LogP contribution is -2.37. The van der Waals surface area contributed by atoms with Crippen LogP contribution in [-0.2, 0) is 10.0 Å². The first-order valence-corrected chi connectivity index (χ1v) is 14.4. The van der Waals surface area contributed by atoms with Gasteiger partial charge in [-0.05, 0) is 43.8 Å². The van der Waals surface area contributed by atoms with Gasteiger partial charge in [0, 0.05) is 35.6 Å². The SMILES string of the molecule is CCN(CC)C1CCN(c2cc(Cl)ccc2Nc2cc(F)c(S(=O)(=O)Nc3cscn3)cc2Cl)C1. The van der Waals surface area contributed by atoms with Crippen LogP contribution in [0.1, 0.15) is 20.3 Å². The minimum Gasteiger partial charge on any atom is -0.368 e. The molecular formula is C23H26Cl2FN5O2S2. The number of sulfonamides is 1. The van der Waals surface area contributed by atoms with Gasteiger partial charge in [-0.3, -0.25) is 9.62 Å². The second-order valence-corrected chi connectivity index (χ2v) is 11.4. The summed E-state index contributed by atoms with van der Waals surface area (Å²) in [7, 11) is -4.20. The summed E-state index contributed by atoms with van der Waals surface area (Å²) in [5.41, 5.74) is 3.31. The van der Waals surface area contributed by atoms with Crippen molar-refractivity contribution < 1.29 is 12.8 Å². The molecule has 0 spiro atoms. The highest BCUT2D eigenvalue weighted by atomic mass is 35.5. The maximum atomic E-state index is 15.0. The number of anilines is 4. The van der Waals surface area contributed by atoms with E-state index in [4.69, 9.17) is 23.2 Å². The number of benzene rings is 2. The summed E-state index contributed by atoms with van der Waals surface area (Å²) in [5, 5.41) is 5.33. The van der Waals surface area contributed by atoms with E-state index in [1.165, 1.54) is 22.2 Å². The first-order chi connectivity index (χ1) is 16.7. The zero-order valence-electron chi connectivity index (χ0n) is 19.3. The number of thiazole rings is 1. The Hall–Kier alpha value is -2.11. The molecule has 0 radical (unpaired) electrons. The Kier molecular flexibility index (Phi) is 8.07. The van der Waals surface area contributed by atoms with Crippen LogP contribution in [0.3, 0.4) is 0 Å². The lowest BCUT2D eigenvalue weighted by atomic mass is 10.2. The van der Waals surface area contributed by atoms with Crippen molar-refractivity contribution >= 4 is 67.4 Å². The monoisotopic (exact) mass is 557 g/mol. The third-order valence-electron chi connectivity index (χ3n) is 6.04. The summed E-state index contributed by atoms with van der Waals surface area (Å²) in [6.45, 7) is 7.99. The van der Waals surface area contributed by atoms with Gasteiger partial charge >= 0.3 is 0 Å². The zero-order valence-corrected chi connectivity index (χ0v) is 22.4. The summed E-state index contributed by atoms with van der Waals surface area (Å²) >= 11 is 13.9. The van der Waals surface area contributed by atoms with Crippen molar-refractivity contribution in [2.75, 3.05) is 41.1 Å². The van der Waals surface area contributed by atoms with E-state index in [0.717, 1.165) is 50.4 Å². The average Bonchev–Trinajstić information content (AvgIpc) is 3.50. The maximum Gasteiger partial charge on any atom is 0.266 e. The number of nitrogens with one attached hydrogen (secondary N) is 2. The Morgan fingerprint density at radius 3 is 2.66 bits per heavy atom. The molecule has 0 aliphatic carbocycles. The number of aromatic nitrogens is 1. The van der Waals surface area contributed by atoms with Crippen molar-refractivity contribution in [3.8, 4) is 0 Å². The third kappa shape index (κ3) is 5.83. The van der Waals surface area contributed by atoms with Crippen LogP contribution in [-0.4, -0.2) is 50.5 Å². The number of hydrogen-bond donors (Lipinski definition) is 2. The molecule has 1 aliphatic heterocycles. The van der Waals surface area contributed by atoms with Crippen LogP contribution >= 0.6 is 34.5 Å². The Morgan fingerprint density at radius 1 is 1.20 bits per heavy atom. The Balaban J connectivity index is 1.60. The Bertz CT molecular complexity index is 1290. The van der Waals surface area contributed by atoms with Gasteiger partial charge in [-0.25, -0.2) is 17.8 Å². The molecule has 1 atom stereocenters. The molecule has 1 aliphatic rings. The van der Waals surface area contributed by atoms with Gasteiger partial charge in [0.2, 0.25) is 0 Å². The van der Waals surface area contributed by atoms with Crippen molar-refractivity contribution in [2.24, 2.45) is 0 Å². The van der Waals surface area contributed by atoms with E-state index in [0.29, 0.717) is 16.8 Å². The van der Waals surface area contributed by atoms with Gasteiger partial charge in [-0.15, -0.1) is 11.3 Å². The second-order valence-electron chi connectivity index (χ2n) is 8.14. The minimum absolute atomic E-state index is 0.0633. The van der Waals surface area contributed by atoms with Gasteiger partial charge in [-0.2, -0.15) is 0 Å². The van der Waals surface area contributed by atoms with Crippen molar-refractivity contribution in [1.82, 2.24) is 9.88 Å². The Labute approximate surface area is 218 Å². The van der Waals surface area contributed by atoms with Gasteiger partial charge in [0.15, 0.2) is 5.82 Å². The smallest absolute Gasteiger partial charge is 0.266 e. The summed E-state index contributed by atoms with van der Waals surface area (Å²) in [4.78, 5) is 8.00. The predicted octanol–water partition coefficient (Wildman–Crippen LogP) is 6.05. The highest BCUT2D eigenvalue weighted by Crippen LogP contribution is 2.37. The van der Waals surface area contributed by atoms with E-state index in [1.807, 2.05) is 12.1 Å². The molecule has 0 amide bonds. The van der Waals surface area contributed by atoms with E-state index >= 15 is 0 Å². The highest BCUT2D eigenvalue weighted by Gasteiger charge is 2.28. The minimum atomic E-state index is -4.20. The molecule has 3 aromatic rings. The van der Waals surface area contributed by atoms with Crippen molar-refractivity contribution in [3.63, 3.8) is 0 Å². The molecule has 12 heteroatoms. The second kappa shape index (κ2) is 10.9. The van der Waals surface area contributed by atoms with E-state index in [-0.39, 0.29) is 16.5 Å². The molecule has 1 aromatic heterocycles. The fourth-order valence-corrected chi connectivity index (χ4v) is 6.39. The van der Waals surface area contributed by atoms with E-state index < -0.39 is 20.7 Å². The lowest BCUT2D eigenvalue weighted by molar-refractivity contribution is 0.232. The van der Waals surface area contributed by atoms with E-state index in [1.54, 1.807) is 6.07 Å². The molecule has 4 rings (SSSR count). The van der Waals surface area contributed by atoms with Gasteiger partial charge in [0.25, 0.3) is 10.0 Å². The number of halogens is 3. The molecule has 2 N–H and O–H groups in total. The fourth-order valence-electron chi connectivity index (χ4n) is 4.30. The maximum absolute atomic E-state index is 15.0. The molecule has 1 unspecified atom stereocenters. The predicted molar refractivity (Wildman–Crippen MR) is 143 cm³/mol. The number of likely N-dealkylation sites (N-methyl/N-ethyl adjacent to an activating group) is 1. The van der Waals surface area contributed by atoms with Crippen LogP contribution in [0.25, 0.3) is 0 Å². The van der Waals surface area contributed by atoms with Gasteiger partial charge in [0.05, 0.1) is 27.6 Å². The molecule has 2 aromatic carbocycles. The van der Waals surface area contributed by atoms with Crippen LogP contribution < -0.4 is 14.9 Å². The van der Waals surface area contributed by atoms with Gasteiger partial charge in [0.1, 0.15) is 10.7 Å². The molecule has 7 nitrogen and oxygen atoms in total. The van der Waals surface area contributed by atoms with Crippen LogP contribution in [0.4, 0.5) is 27.3 Å². The first kappa shape index (κ1) is 26.0. The average molecular weight is 559 g/mol. The van der Waals surface area contributed by atoms with Gasteiger partial charge < -0.3 is 10.2 Å². The van der Waals surface area contributed by atoms with E-state index in [2.05, 4.69) is 38.7 Å². The van der Waals surface area contributed by atoms with Crippen LogP contribution in [0.5, 0.6) is 0 Å². The number of hydrogen-bond acceptors (Lipinski definition) is 7. The summed E-state index contributed by atoms with van der Waals surface area (Å²) in [6.07, 6.45) is 1.03. The molecule has 2 heterocycles. The molecule has 1 fully saturated rings. The van der Waals surface area contributed by atoms with Gasteiger partial charge in [-0.1, -0.05) is 37.0 Å². The quantitative estimate of drug-likeness (QED) is 0.333. The topological polar surface area (TPSA) is 77.6 Å². The van der Waals surface area contributed by atoms with Crippen molar-refractivity contribution in [2.45, 2.75) is 31.2 Å². The fraction of sp³-hybridized carbons (Fsp3) is 0.348. The zero-order chi connectivity index (χ0) is 25.2. The molecule has 1 saturated heterocycles. The van der Waals surface area contributed by atoms with Crippen LogP contribution in [0.15, 0.2) is 46.1 Å². The van der Waals surface area contributed by atoms with Crippen molar-refractivity contribution in [1.29, 1.82) is 0 Å². The molecule has 188 valence electrons. The van der Waals surface area contributed by atoms with Crippen LogP contribution in [0.2, 0.25) is 10.0 Å².